The second-order valence-electron chi connectivity index (χ2n) is 7.06. The maximum absolute atomic E-state index is 14.0. The van der Waals surface area contributed by atoms with E-state index in [1.807, 2.05) is 13.1 Å². The molecule has 0 atom stereocenters. The minimum absolute atomic E-state index is 0.138. The summed E-state index contributed by atoms with van der Waals surface area (Å²) in [6.45, 7) is 8.32. The van der Waals surface area contributed by atoms with E-state index in [4.69, 9.17) is 5.26 Å². The van der Waals surface area contributed by atoms with Crippen LogP contribution in [0.25, 0.3) is 0 Å². The van der Waals surface area contributed by atoms with Gasteiger partial charge in [-0.2, -0.15) is 10.4 Å². The van der Waals surface area contributed by atoms with E-state index in [2.05, 4.69) is 38.1 Å². The number of amides is 1. The van der Waals surface area contributed by atoms with E-state index in [9.17, 15) is 9.18 Å². The number of carbonyl (C=O) groups excluding carboxylic acids is 1. The van der Waals surface area contributed by atoms with Crippen molar-refractivity contribution in [1.29, 1.82) is 5.26 Å². The van der Waals surface area contributed by atoms with Gasteiger partial charge >= 0.3 is 0 Å². The van der Waals surface area contributed by atoms with Crippen molar-refractivity contribution in [2.24, 2.45) is 7.05 Å². The summed E-state index contributed by atoms with van der Waals surface area (Å²) in [5.41, 5.74) is 1.93. The SMILES string of the molecule is CCCc1c(NC(=O)c2cc(C#N)ccc2F)nn(C)c1C(C)(C)C. The first-order chi connectivity index (χ1) is 11.7. The van der Waals surface area contributed by atoms with Gasteiger partial charge in [0.2, 0.25) is 0 Å². The van der Waals surface area contributed by atoms with Gasteiger partial charge in [-0.05, 0) is 24.6 Å². The molecule has 2 rings (SSSR count). The molecule has 0 fully saturated rings. The summed E-state index contributed by atoms with van der Waals surface area (Å²) in [6, 6.07) is 5.62. The minimum Gasteiger partial charge on any atom is -0.305 e. The van der Waals surface area contributed by atoms with Crippen LogP contribution < -0.4 is 5.32 Å². The fourth-order valence-electron chi connectivity index (χ4n) is 3.04. The highest BCUT2D eigenvalue weighted by Gasteiger charge is 2.27. The van der Waals surface area contributed by atoms with Crippen LogP contribution in [0.1, 0.15) is 61.3 Å². The average molecular weight is 342 g/mol. The van der Waals surface area contributed by atoms with E-state index in [0.29, 0.717) is 5.82 Å². The first kappa shape index (κ1) is 18.7. The molecular weight excluding hydrogens is 319 g/mol. The van der Waals surface area contributed by atoms with Crippen molar-refractivity contribution < 1.29 is 9.18 Å². The Balaban J connectivity index is 2.44. The van der Waals surface area contributed by atoms with Gasteiger partial charge in [-0.3, -0.25) is 9.48 Å². The first-order valence-corrected chi connectivity index (χ1v) is 8.26. The molecule has 1 heterocycles. The molecule has 0 radical (unpaired) electrons. The van der Waals surface area contributed by atoms with Gasteiger partial charge in [-0.25, -0.2) is 4.39 Å². The molecule has 0 saturated heterocycles. The molecular formula is C19H23FN4O. The molecule has 2 aromatic rings. The van der Waals surface area contributed by atoms with E-state index < -0.39 is 11.7 Å². The zero-order chi connectivity index (χ0) is 18.8. The van der Waals surface area contributed by atoms with E-state index >= 15 is 0 Å². The summed E-state index contributed by atoms with van der Waals surface area (Å²) in [6.07, 6.45) is 1.66. The third-order valence-corrected chi connectivity index (χ3v) is 3.93. The lowest BCUT2D eigenvalue weighted by Gasteiger charge is -2.21. The summed E-state index contributed by atoms with van der Waals surface area (Å²) in [5.74, 6) is -0.827. The topological polar surface area (TPSA) is 70.7 Å². The van der Waals surface area contributed by atoms with Crippen molar-refractivity contribution in [2.75, 3.05) is 5.32 Å². The molecule has 1 N–H and O–H groups in total. The van der Waals surface area contributed by atoms with Crippen LogP contribution in [0.4, 0.5) is 10.2 Å². The number of hydrogen-bond donors (Lipinski definition) is 1. The van der Waals surface area contributed by atoms with Gasteiger partial charge in [0.05, 0.1) is 17.2 Å². The molecule has 1 amide bonds. The number of halogens is 1. The van der Waals surface area contributed by atoms with Crippen molar-refractivity contribution in [3.8, 4) is 6.07 Å². The van der Waals surface area contributed by atoms with E-state index in [1.54, 1.807) is 4.68 Å². The van der Waals surface area contributed by atoms with Gasteiger partial charge in [-0.15, -0.1) is 0 Å². The van der Waals surface area contributed by atoms with Gasteiger partial charge in [0.15, 0.2) is 5.82 Å². The number of rotatable bonds is 4. The number of benzene rings is 1. The van der Waals surface area contributed by atoms with Crippen LogP contribution in [0.2, 0.25) is 0 Å². The van der Waals surface area contributed by atoms with Crippen LogP contribution in [0.3, 0.4) is 0 Å². The molecule has 25 heavy (non-hydrogen) atoms. The number of carbonyl (C=O) groups is 1. The Hall–Kier alpha value is -2.68. The summed E-state index contributed by atoms with van der Waals surface area (Å²) in [4.78, 5) is 12.5. The van der Waals surface area contributed by atoms with Crippen molar-refractivity contribution in [1.82, 2.24) is 9.78 Å². The lowest BCUT2D eigenvalue weighted by atomic mass is 9.87. The Morgan fingerprint density at radius 3 is 2.64 bits per heavy atom. The third-order valence-electron chi connectivity index (χ3n) is 3.93. The average Bonchev–Trinajstić information content (AvgIpc) is 2.83. The lowest BCUT2D eigenvalue weighted by molar-refractivity contribution is 0.102. The monoisotopic (exact) mass is 342 g/mol. The second-order valence-corrected chi connectivity index (χ2v) is 7.06. The number of nitriles is 1. The Morgan fingerprint density at radius 2 is 2.08 bits per heavy atom. The molecule has 5 nitrogen and oxygen atoms in total. The van der Waals surface area contributed by atoms with Gasteiger partial charge in [-0.1, -0.05) is 34.1 Å². The molecule has 0 spiro atoms. The van der Waals surface area contributed by atoms with Crippen LogP contribution in [-0.2, 0) is 18.9 Å². The van der Waals surface area contributed by atoms with E-state index in [-0.39, 0.29) is 16.5 Å². The second kappa shape index (κ2) is 7.06. The van der Waals surface area contributed by atoms with Crippen molar-refractivity contribution >= 4 is 11.7 Å². The zero-order valence-electron chi connectivity index (χ0n) is 15.3. The van der Waals surface area contributed by atoms with Crippen LogP contribution in [0.5, 0.6) is 0 Å². The predicted molar refractivity (Wildman–Crippen MR) is 95.0 cm³/mol. The number of nitrogens with zero attached hydrogens (tertiary/aromatic N) is 3. The smallest absolute Gasteiger partial charge is 0.259 e. The molecule has 1 aromatic carbocycles. The molecule has 0 aliphatic carbocycles. The van der Waals surface area contributed by atoms with E-state index in [0.717, 1.165) is 30.2 Å². The molecule has 0 saturated carbocycles. The molecule has 0 unspecified atom stereocenters. The highest BCUT2D eigenvalue weighted by atomic mass is 19.1. The van der Waals surface area contributed by atoms with Crippen LogP contribution in [-0.4, -0.2) is 15.7 Å². The Morgan fingerprint density at radius 1 is 1.40 bits per heavy atom. The zero-order valence-corrected chi connectivity index (χ0v) is 15.3. The molecule has 1 aromatic heterocycles. The van der Waals surface area contributed by atoms with Gasteiger partial charge in [0, 0.05) is 23.7 Å². The first-order valence-electron chi connectivity index (χ1n) is 8.26. The third kappa shape index (κ3) is 3.87. The Labute approximate surface area is 147 Å². The molecule has 0 aliphatic heterocycles. The van der Waals surface area contributed by atoms with Crippen molar-refractivity contribution in [3.63, 3.8) is 0 Å². The number of nitrogens with one attached hydrogen (secondary N) is 1. The highest BCUT2D eigenvalue weighted by molar-refractivity contribution is 6.04. The highest BCUT2D eigenvalue weighted by Crippen LogP contribution is 2.31. The fraction of sp³-hybridized carbons (Fsp3) is 0.421. The van der Waals surface area contributed by atoms with Crippen molar-refractivity contribution in [2.45, 2.75) is 46.0 Å². The fourth-order valence-corrected chi connectivity index (χ4v) is 3.04. The summed E-state index contributed by atoms with van der Waals surface area (Å²) in [7, 11) is 1.84. The number of anilines is 1. The van der Waals surface area contributed by atoms with Gasteiger partial charge in [0.1, 0.15) is 5.82 Å². The van der Waals surface area contributed by atoms with Gasteiger partial charge < -0.3 is 5.32 Å². The summed E-state index contributed by atoms with van der Waals surface area (Å²) >= 11 is 0. The quantitative estimate of drug-likeness (QED) is 0.915. The molecule has 132 valence electrons. The largest absolute Gasteiger partial charge is 0.305 e. The van der Waals surface area contributed by atoms with Gasteiger partial charge in [0.25, 0.3) is 5.91 Å². The van der Waals surface area contributed by atoms with Crippen LogP contribution in [0.15, 0.2) is 18.2 Å². The molecule has 0 bridgehead atoms. The standard InChI is InChI=1S/C19H23FN4O/c1-6-7-13-16(19(2,3)4)24(5)23-17(13)22-18(25)14-10-12(11-21)8-9-15(14)20/h8-10H,6-7H2,1-5H3,(H,22,23,25). The van der Waals surface area contributed by atoms with Crippen LogP contribution in [0, 0.1) is 17.1 Å². The molecule has 6 heteroatoms. The summed E-state index contributed by atoms with van der Waals surface area (Å²) < 4.78 is 15.8. The summed E-state index contributed by atoms with van der Waals surface area (Å²) in [5, 5.41) is 16.1. The van der Waals surface area contributed by atoms with E-state index in [1.165, 1.54) is 12.1 Å². The number of aryl methyl sites for hydroxylation is 1. The molecule has 0 aliphatic rings. The predicted octanol–water partition coefficient (Wildman–Crippen LogP) is 3.93. The number of aromatic nitrogens is 2. The van der Waals surface area contributed by atoms with Crippen LogP contribution >= 0.6 is 0 Å². The Bertz CT molecular complexity index is 840. The minimum atomic E-state index is -0.666. The lowest BCUT2D eigenvalue weighted by Crippen LogP contribution is -2.19. The van der Waals surface area contributed by atoms with Crippen molar-refractivity contribution in [3.05, 3.63) is 46.4 Å². The Kier molecular flexibility index (Phi) is 5.27. The normalized spacial score (nSPS) is 11.2. The maximum atomic E-state index is 14.0. The number of hydrogen-bond acceptors (Lipinski definition) is 3. The maximum Gasteiger partial charge on any atom is 0.259 e.